The third-order valence-electron chi connectivity index (χ3n) is 14.5. The first kappa shape index (κ1) is 45.9. The molecular weight excluding hydrogens is 923 g/mol. The average Bonchev–Trinajstić information content (AvgIpc) is 3.90. The maximum Gasteiger partial charge on any atom is 0.135 e. The number of aryl methyl sites for hydroxylation is 2. The maximum absolute atomic E-state index is 6.24. The molecule has 0 unspecified atom stereocenters. The number of hydrogen-bond acceptors (Lipinski definition) is 4. The molecule has 0 aliphatic heterocycles. The van der Waals surface area contributed by atoms with E-state index < -0.39 is 0 Å². The second kappa shape index (κ2) is 19.8. The van der Waals surface area contributed by atoms with Gasteiger partial charge in [0.15, 0.2) is 0 Å². The van der Waals surface area contributed by atoms with E-state index in [2.05, 4.69) is 302 Å². The van der Waals surface area contributed by atoms with E-state index in [9.17, 15) is 0 Å². The normalized spacial score (nSPS) is 11.3. The summed E-state index contributed by atoms with van der Waals surface area (Å²) >= 11 is 0. The highest BCUT2D eigenvalue weighted by molar-refractivity contribution is 6.06. The lowest BCUT2D eigenvalue weighted by atomic mass is 10.0. The molecule has 76 heavy (non-hydrogen) atoms. The van der Waals surface area contributed by atoms with Gasteiger partial charge < -0.3 is 19.1 Å². The van der Waals surface area contributed by atoms with Crippen molar-refractivity contribution in [3.8, 4) is 33.4 Å². The molecule has 0 saturated carbocycles. The molecule has 362 valence electrons. The lowest BCUT2D eigenvalue weighted by Crippen LogP contribution is -2.16. The van der Waals surface area contributed by atoms with Crippen LogP contribution in [0.5, 0.6) is 0 Å². The highest BCUT2D eigenvalue weighted by Gasteiger charge is 2.24. The van der Waals surface area contributed by atoms with E-state index in [1.165, 1.54) is 27.6 Å². The van der Waals surface area contributed by atoms with E-state index in [-0.39, 0.29) is 0 Å². The molecule has 0 bridgehead atoms. The van der Waals surface area contributed by atoms with Crippen LogP contribution in [0.25, 0.3) is 66.1 Å². The van der Waals surface area contributed by atoms with Gasteiger partial charge in [-0.1, -0.05) is 182 Å². The second-order valence-corrected chi connectivity index (χ2v) is 19.6. The molecule has 0 fully saturated rings. The number of para-hydroxylation sites is 1. The summed E-state index contributed by atoms with van der Waals surface area (Å²) in [6.07, 6.45) is 0. The average molecular weight is 976 g/mol. The Bertz CT molecular complexity index is 4030. The number of rotatable bonds is 12. The minimum Gasteiger partial charge on any atom is -0.456 e. The topological polar surface area (TPSA) is 22.9 Å². The monoisotopic (exact) mass is 975 g/mol. The minimum atomic E-state index is 0.887. The van der Waals surface area contributed by atoms with Gasteiger partial charge in [0, 0.05) is 44.6 Å². The summed E-state index contributed by atoms with van der Waals surface area (Å²) in [5.74, 6) is 0. The Balaban J connectivity index is 1.04. The van der Waals surface area contributed by atoms with Gasteiger partial charge in [-0.15, -0.1) is 0 Å². The summed E-state index contributed by atoms with van der Waals surface area (Å²) in [4.78, 5) is 7.25. The van der Waals surface area contributed by atoms with E-state index in [4.69, 9.17) is 4.42 Å². The van der Waals surface area contributed by atoms with E-state index in [0.29, 0.717) is 0 Å². The molecule has 0 N–H and O–H groups in total. The number of furan rings is 1. The molecular formula is C72H53N3O. The molecule has 0 aliphatic carbocycles. The number of nitrogens with zero attached hydrogens (tertiary/aromatic N) is 3. The van der Waals surface area contributed by atoms with E-state index in [1.54, 1.807) is 0 Å². The summed E-state index contributed by atoms with van der Waals surface area (Å²) < 4.78 is 6.24. The van der Waals surface area contributed by atoms with E-state index in [1.807, 2.05) is 12.1 Å². The first-order valence-electron chi connectivity index (χ1n) is 26.0. The van der Waals surface area contributed by atoms with E-state index >= 15 is 0 Å². The minimum absolute atomic E-state index is 0.887. The van der Waals surface area contributed by atoms with Crippen molar-refractivity contribution in [1.29, 1.82) is 0 Å². The van der Waals surface area contributed by atoms with Gasteiger partial charge in [-0.3, -0.25) is 0 Å². The third kappa shape index (κ3) is 8.93. The van der Waals surface area contributed by atoms with Crippen molar-refractivity contribution in [2.75, 3.05) is 14.7 Å². The highest BCUT2D eigenvalue weighted by atomic mass is 16.3. The van der Waals surface area contributed by atoms with E-state index in [0.717, 1.165) is 101 Å². The fourth-order valence-electron chi connectivity index (χ4n) is 10.8. The van der Waals surface area contributed by atoms with Crippen LogP contribution in [0.3, 0.4) is 0 Å². The molecule has 0 saturated heterocycles. The standard InChI is InChI=1S/C72H53N3O/c1-50-16-13-24-62(44-50)73(59-37-30-54(31-38-59)52-18-5-3-6-19-52)64-47-65(74(63-25-14-17-51(2)45-63)60-39-32-55(33-40-60)53-20-7-4-8-21-53)49-66(48-64)75(70-28-15-23-57-22-9-10-26-67(57)70)61-41-34-56(35-42-61)58-36-43-72-69(46-58)68-27-11-12-29-71(68)76-72/h3-49H,1-2H3. The zero-order valence-electron chi connectivity index (χ0n) is 42.4. The van der Waals surface area contributed by atoms with Gasteiger partial charge in [-0.25, -0.2) is 0 Å². The molecule has 0 radical (unpaired) electrons. The highest BCUT2D eigenvalue weighted by Crippen LogP contribution is 2.48. The van der Waals surface area contributed by atoms with Gasteiger partial charge in [-0.2, -0.15) is 0 Å². The Morgan fingerprint density at radius 2 is 0.645 bits per heavy atom. The van der Waals surface area contributed by atoms with Crippen molar-refractivity contribution in [2.24, 2.45) is 0 Å². The summed E-state index contributed by atoms with van der Waals surface area (Å²) in [6.45, 7) is 4.34. The van der Waals surface area contributed by atoms with Crippen LogP contribution in [0.4, 0.5) is 51.2 Å². The van der Waals surface area contributed by atoms with Crippen molar-refractivity contribution in [1.82, 2.24) is 0 Å². The van der Waals surface area contributed by atoms with Crippen LogP contribution in [0, 0.1) is 13.8 Å². The summed E-state index contributed by atoms with van der Waals surface area (Å²) in [7, 11) is 0. The predicted octanol–water partition coefficient (Wildman–Crippen LogP) is 20.8. The Labute approximate surface area is 444 Å². The number of anilines is 9. The predicted molar refractivity (Wildman–Crippen MR) is 321 cm³/mol. The molecule has 0 aliphatic rings. The first-order valence-corrected chi connectivity index (χ1v) is 26.0. The van der Waals surface area contributed by atoms with Gasteiger partial charge in [0.25, 0.3) is 0 Å². The SMILES string of the molecule is Cc1cccc(N(c2ccc(-c3ccccc3)cc2)c2cc(N(c3ccc(-c4ccccc4)cc3)c3cccc(C)c3)cc(N(c3ccc(-c4ccc5oc6ccccc6c5c4)cc3)c3cccc4ccccc34)c2)c1. The lowest BCUT2D eigenvalue weighted by Gasteiger charge is -2.33. The van der Waals surface area contributed by atoms with Crippen LogP contribution in [0.2, 0.25) is 0 Å². The molecule has 0 spiro atoms. The molecule has 13 rings (SSSR count). The fraction of sp³-hybridized carbons (Fsp3) is 0.0278. The molecule has 0 atom stereocenters. The van der Waals surface area contributed by atoms with Crippen molar-refractivity contribution in [3.63, 3.8) is 0 Å². The molecule has 4 nitrogen and oxygen atoms in total. The van der Waals surface area contributed by atoms with Gasteiger partial charge in [0.1, 0.15) is 11.2 Å². The second-order valence-electron chi connectivity index (χ2n) is 19.6. The lowest BCUT2D eigenvalue weighted by molar-refractivity contribution is 0.669. The van der Waals surface area contributed by atoms with Gasteiger partial charge in [0.2, 0.25) is 0 Å². The van der Waals surface area contributed by atoms with Crippen LogP contribution in [0.15, 0.2) is 290 Å². The third-order valence-corrected chi connectivity index (χ3v) is 14.5. The molecule has 1 aromatic heterocycles. The van der Waals surface area contributed by atoms with Crippen molar-refractivity contribution >= 4 is 83.9 Å². The van der Waals surface area contributed by atoms with Gasteiger partial charge in [0.05, 0.1) is 22.7 Å². The summed E-state index contributed by atoms with van der Waals surface area (Å²) in [6, 6.07) is 103. The molecule has 4 heteroatoms. The number of fused-ring (bicyclic) bond motifs is 4. The smallest absolute Gasteiger partial charge is 0.135 e. The quantitative estimate of drug-likeness (QED) is 0.122. The Hall–Kier alpha value is -9.90. The van der Waals surface area contributed by atoms with Crippen LogP contribution in [-0.2, 0) is 0 Å². The van der Waals surface area contributed by atoms with Gasteiger partial charge in [-0.05, 0) is 167 Å². The first-order chi connectivity index (χ1) is 37.5. The van der Waals surface area contributed by atoms with Crippen LogP contribution >= 0.6 is 0 Å². The van der Waals surface area contributed by atoms with Crippen molar-refractivity contribution in [3.05, 3.63) is 296 Å². The summed E-state index contributed by atoms with van der Waals surface area (Å²) in [5, 5.41) is 4.54. The van der Waals surface area contributed by atoms with Gasteiger partial charge >= 0.3 is 0 Å². The van der Waals surface area contributed by atoms with Crippen LogP contribution < -0.4 is 14.7 Å². The molecule has 0 amide bonds. The largest absolute Gasteiger partial charge is 0.456 e. The van der Waals surface area contributed by atoms with Crippen molar-refractivity contribution < 1.29 is 4.42 Å². The van der Waals surface area contributed by atoms with Crippen LogP contribution in [0.1, 0.15) is 11.1 Å². The summed E-state index contributed by atoms with van der Waals surface area (Å²) in [5.41, 5.74) is 20.4. The maximum atomic E-state index is 6.24. The van der Waals surface area contributed by atoms with Crippen LogP contribution in [-0.4, -0.2) is 0 Å². The fourth-order valence-corrected chi connectivity index (χ4v) is 10.8. The zero-order chi connectivity index (χ0) is 51.0. The Morgan fingerprint density at radius 3 is 1.20 bits per heavy atom. The molecule has 13 aromatic rings. The zero-order valence-corrected chi connectivity index (χ0v) is 42.4. The number of benzene rings is 12. The molecule has 1 heterocycles. The Kier molecular flexibility index (Phi) is 12.0. The number of hydrogen-bond donors (Lipinski definition) is 0. The molecule has 12 aromatic carbocycles. The van der Waals surface area contributed by atoms with Crippen molar-refractivity contribution in [2.45, 2.75) is 13.8 Å². The Morgan fingerprint density at radius 1 is 0.237 bits per heavy atom.